The molecule has 2 aliphatic rings. The molecule has 0 aromatic carbocycles. The van der Waals surface area contributed by atoms with Crippen molar-refractivity contribution in [1.82, 2.24) is 20.8 Å². The lowest BCUT2D eigenvalue weighted by Gasteiger charge is -2.20. The van der Waals surface area contributed by atoms with Crippen molar-refractivity contribution < 1.29 is 9.32 Å². The van der Waals surface area contributed by atoms with Crippen LogP contribution in [0.1, 0.15) is 42.2 Å². The molecule has 1 amide bonds. The van der Waals surface area contributed by atoms with Crippen LogP contribution in [0.15, 0.2) is 4.52 Å². The summed E-state index contributed by atoms with van der Waals surface area (Å²) >= 11 is 0. The van der Waals surface area contributed by atoms with Gasteiger partial charge in [-0.05, 0) is 44.7 Å². The zero-order valence-electron chi connectivity index (χ0n) is 10.3. The molecule has 0 spiro atoms. The van der Waals surface area contributed by atoms with Crippen LogP contribution >= 0.6 is 0 Å². The number of aromatic nitrogens is 2. The standard InChI is InChI=1S/C12H18N4O2/c17-12(14-9-1-2-9)11-15-10(18-16-11)7-8-3-5-13-6-4-8/h8-9,13H,1-7H2,(H,14,17). The molecule has 98 valence electrons. The Labute approximate surface area is 106 Å². The van der Waals surface area contributed by atoms with Gasteiger partial charge in [0.1, 0.15) is 0 Å². The first-order valence-electron chi connectivity index (χ1n) is 6.65. The molecule has 1 aromatic rings. The summed E-state index contributed by atoms with van der Waals surface area (Å²) in [6, 6.07) is 0.323. The Bertz CT molecular complexity index is 421. The van der Waals surface area contributed by atoms with Crippen molar-refractivity contribution in [2.45, 2.75) is 38.1 Å². The zero-order chi connectivity index (χ0) is 12.4. The largest absolute Gasteiger partial charge is 0.346 e. The summed E-state index contributed by atoms with van der Waals surface area (Å²) in [4.78, 5) is 15.9. The van der Waals surface area contributed by atoms with Gasteiger partial charge in [0.05, 0.1) is 0 Å². The number of amides is 1. The highest BCUT2D eigenvalue weighted by Crippen LogP contribution is 2.19. The first-order valence-corrected chi connectivity index (χ1v) is 6.65. The zero-order valence-corrected chi connectivity index (χ0v) is 10.3. The van der Waals surface area contributed by atoms with Crippen LogP contribution < -0.4 is 10.6 Å². The quantitative estimate of drug-likeness (QED) is 0.813. The molecular formula is C12H18N4O2. The molecule has 0 unspecified atom stereocenters. The average Bonchev–Trinajstić information content (AvgIpc) is 3.07. The second-order valence-corrected chi connectivity index (χ2v) is 5.16. The molecule has 0 radical (unpaired) electrons. The van der Waals surface area contributed by atoms with Crippen molar-refractivity contribution in [3.8, 4) is 0 Å². The van der Waals surface area contributed by atoms with Crippen LogP contribution in [0.3, 0.4) is 0 Å². The van der Waals surface area contributed by atoms with Gasteiger partial charge < -0.3 is 15.2 Å². The number of nitrogens with one attached hydrogen (secondary N) is 2. The smallest absolute Gasteiger partial charge is 0.292 e. The second kappa shape index (κ2) is 5.06. The summed E-state index contributed by atoms with van der Waals surface area (Å²) in [6.07, 6.45) is 5.17. The van der Waals surface area contributed by atoms with Crippen LogP contribution in [-0.4, -0.2) is 35.2 Å². The number of hydrogen-bond donors (Lipinski definition) is 2. The van der Waals surface area contributed by atoms with E-state index in [-0.39, 0.29) is 11.7 Å². The lowest BCUT2D eigenvalue weighted by atomic mass is 9.95. The van der Waals surface area contributed by atoms with Crippen LogP contribution in [-0.2, 0) is 6.42 Å². The summed E-state index contributed by atoms with van der Waals surface area (Å²) in [6.45, 7) is 2.10. The highest BCUT2D eigenvalue weighted by atomic mass is 16.5. The summed E-state index contributed by atoms with van der Waals surface area (Å²) < 4.78 is 5.15. The molecule has 2 N–H and O–H groups in total. The summed E-state index contributed by atoms with van der Waals surface area (Å²) in [5.74, 6) is 1.14. The number of piperidine rings is 1. The van der Waals surface area contributed by atoms with E-state index in [9.17, 15) is 4.79 Å². The molecule has 18 heavy (non-hydrogen) atoms. The van der Waals surface area contributed by atoms with Gasteiger partial charge >= 0.3 is 0 Å². The van der Waals surface area contributed by atoms with Gasteiger partial charge in [0.25, 0.3) is 11.7 Å². The SMILES string of the molecule is O=C(NC1CC1)c1noc(CC2CCNCC2)n1. The van der Waals surface area contributed by atoms with Gasteiger partial charge in [-0.25, -0.2) is 0 Å². The van der Waals surface area contributed by atoms with Gasteiger partial charge in [-0.15, -0.1) is 0 Å². The lowest BCUT2D eigenvalue weighted by Crippen LogP contribution is -2.29. The molecule has 1 saturated carbocycles. The van der Waals surface area contributed by atoms with Crippen LogP contribution in [0, 0.1) is 5.92 Å². The molecule has 1 aliphatic heterocycles. The average molecular weight is 250 g/mol. The Kier molecular flexibility index (Phi) is 3.27. The minimum Gasteiger partial charge on any atom is -0.346 e. The summed E-state index contributed by atoms with van der Waals surface area (Å²) in [5.41, 5.74) is 0. The fraction of sp³-hybridized carbons (Fsp3) is 0.750. The summed E-state index contributed by atoms with van der Waals surface area (Å²) in [7, 11) is 0. The topological polar surface area (TPSA) is 80.0 Å². The molecule has 0 bridgehead atoms. The fourth-order valence-corrected chi connectivity index (χ4v) is 2.24. The van der Waals surface area contributed by atoms with Gasteiger partial charge in [0, 0.05) is 12.5 Å². The maximum atomic E-state index is 11.7. The van der Waals surface area contributed by atoms with Crippen molar-refractivity contribution in [1.29, 1.82) is 0 Å². The minimum atomic E-state index is -0.210. The van der Waals surface area contributed by atoms with E-state index in [0.29, 0.717) is 17.9 Å². The first kappa shape index (κ1) is 11.6. The Morgan fingerprint density at radius 3 is 2.83 bits per heavy atom. The van der Waals surface area contributed by atoms with Gasteiger partial charge in [0.15, 0.2) is 0 Å². The van der Waals surface area contributed by atoms with E-state index in [1.807, 2.05) is 0 Å². The van der Waals surface area contributed by atoms with E-state index in [1.54, 1.807) is 0 Å². The third kappa shape index (κ3) is 2.87. The second-order valence-electron chi connectivity index (χ2n) is 5.16. The van der Waals surface area contributed by atoms with E-state index in [1.165, 1.54) is 0 Å². The normalized spacial score (nSPS) is 20.9. The van der Waals surface area contributed by atoms with Crippen molar-refractivity contribution in [3.63, 3.8) is 0 Å². The first-order chi connectivity index (χ1) is 8.81. The maximum Gasteiger partial charge on any atom is 0.292 e. The van der Waals surface area contributed by atoms with E-state index in [0.717, 1.165) is 45.2 Å². The van der Waals surface area contributed by atoms with Crippen LogP contribution in [0.2, 0.25) is 0 Å². The highest BCUT2D eigenvalue weighted by Gasteiger charge is 2.26. The fourth-order valence-electron chi connectivity index (χ4n) is 2.24. The van der Waals surface area contributed by atoms with Crippen LogP contribution in [0.25, 0.3) is 0 Å². The molecule has 1 saturated heterocycles. The highest BCUT2D eigenvalue weighted by molar-refractivity contribution is 5.90. The van der Waals surface area contributed by atoms with E-state index in [4.69, 9.17) is 4.52 Å². The molecule has 2 heterocycles. The Balaban J connectivity index is 1.56. The monoisotopic (exact) mass is 250 g/mol. The molecule has 6 heteroatoms. The van der Waals surface area contributed by atoms with Crippen molar-refractivity contribution in [2.24, 2.45) is 5.92 Å². The lowest BCUT2D eigenvalue weighted by molar-refractivity contribution is 0.0937. The third-order valence-electron chi connectivity index (χ3n) is 3.51. The Morgan fingerprint density at radius 1 is 1.33 bits per heavy atom. The van der Waals surface area contributed by atoms with Crippen molar-refractivity contribution in [3.05, 3.63) is 11.7 Å². The third-order valence-corrected chi connectivity index (χ3v) is 3.51. The molecule has 1 aromatic heterocycles. The van der Waals surface area contributed by atoms with Crippen molar-refractivity contribution in [2.75, 3.05) is 13.1 Å². The molecule has 0 atom stereocenters. The number of carbonyl (C=O) groups is 1. The Hall–Kier alpha value is -1.43. The van der Waals surface area contributed by atoms with Gasteiger partial charge in [-0.1, -0.05) is 5.16 Å². The van der Waals surface area contributed by atoms with Gasteiger partial charge in [-0.3, -0.25) is 4.79 Å². The minimum absolute atomic E-state index is 0.172. The number of rotatable bonds is 4. The number of carbonyl (C=O) groups excluding carboxylic acids is 1. The Morgan fingerprint density at radius 2 is 2.11 bits per heavy atom. The van der Waals surface area contributed by atoms with Crippen molar-refractivity contribution >= 4 is 5.91 Å². The number of hydrogen-bond acceptors (Lipinski definition) is 5. The van der Waals surface area contributed by atoms with Gasteiger partial charge in [-0.2, -0.15) is 4.98 Å². The predicted molar refractivity (Wildman–Crippen MR) is 64.1 cm³/mol. The maximum absolute atomic E-state index is 11.7. The van der Waals surface area contributed by atoms with E-state index in [2.05, 4.69) is 20.8 Å². The molecule has 3 rings (SSSR count). The predicted octanol–water partition coefficient (Wildman–Crippen LogP) is 0.504. The number of nitrogens with zero attached hydrogens (tertiary/aromatic N) is 2. The molecule has 1 aliphatic carbocycles. The molecule has 2 fully saturated rings. The molecule has 6 nitrogen and oxygen atoms in total. The van der Waals surface area contributed by atoms with Crippen LogP contribution in [0.5, 0.6) is 0 Å². The van der Waals surface area contributed by atoms with Crippen LogP contribution in [0.4, 0.5) is 0 Å². The molecular weight excluding hydrogens is 232 g/mol. The van der Waals surface area contributed by atoms with E-state index >= 15 is 0 Å². The summed E-state index contributed by atoms with van der Waals surface area (Å²) in [5, 5.41) is 9.92. The van der Waals surface area contributed by atoms with Gasteiger partial charge in [0.2, 0.25) is 5.89 Å². The van der Waals surface area contributed by atoms with E-state index < -0.39 is 0 Å².